The van der Waals surface area contributed by atoms with Crippen LogP contribution in [-0.4, -0.2) is 63.7 Å². The number of aliphatic hydroxyl groups excluding tert-OH is 4. The van der Waals surface area contributed by atoms with Gasteiger partial charge < -0.3 is 34.6 Å². The zero-order valence-corrected chi connectivity index (χ0v) is 18.1. The summed E-state index contributed by atoms with van der Waals surface area (Å²) in [5.74, 6) is 1.37. The van der Waals surface area contributed by atoms with Crippen molar-refractivity contribution in [2.24, 2.45) is 0 Å². The minimum Gasteiger partial charge on any atom is -0.486 e. The highest BCUT2D eigenvalue weighted by Gasteiger charge is 2.44. The van der Waals surface area contributed by atoms with Crippen molar-refractivity contribution in [2.45, 2.75) is 56.4 Å². The molecule has 0 radical (unpaired) electrons. The Morgan fingerprint density at radius 3 is 2.52 bits per heavy atom. The maximum Gasteiger partial charge on any atom is 0.162 e. The van der Waals surface area contributed by atoms with Crippen LogP contribution in [0.4, 0.5) is 0 Å². The summed E-state index contributed by atoms with van der Waals surface area (Å²) in [7, 11) is 0. The van der Waals surface area contributed by atoms with Gasteiger partial charge in [-0.2, -0.15) is 0 Å². The molecule has 0 saturated carbocycles. The van der Waals surface area contributed by atoms with Crippen LogP contribution in [0.1, 0.15) is 36.6 Å². The number of hydrogen-bond donors (Lipinski definition) is 4. The summed E-state index contributed by atoms with van der Waals surface area (Å²) in [5, 5.41) is 40.5. The van der Waals surface area contributed by atoms with E-state index in [9.17, 15) is 20.4 Å². The smallest absolute Gasteiger partial charge is 0.162 e. The predicted octanol–water partition coefficient (Wildman–Crippen LogP) is 2.00. The van der Waals surface area contributed by atoms with Crippen LogP contribution in [0.5, 0.6) is 11.5 Å². The third-order valence-corrected chi connectivity index (χ3v) is 6.02. The molecular weight excluding hydrogens is 424 g/mol. The molecule has 0 amide bonds. The number of rotatable bonds is 4. The monoisotopic (exact) mass is 450 g/mol. The van der Waals surface area contributed by atoms with E-state index in [4.69, 9.17) is 25.8 Å². The van der Waals surface area contributed by atoms with Crippen LogP contribution in [0.15, 0.2) is 36.4 Å². The highest BCUT2D eigenvalue weighted by molar-refractivity contribution is 6.31. The Balaban J connectivity index is 1.58. The van der Waals surface area contributed by atoms with Crippen molar-refractivity contribution < 1.29 is 34.6 Å². The molecule has 2 aliphatic rings. The minimum atomic E-state index is -1.43. The van der Waals surface area contributed by atoms with E-state index in [-0.39, 0.29) is 5.60 Å². The summed E-state index contributed by atoms with van der Waals surface area (Å²) in [6.45, 7) is 3.91. The molecule has 4 rings (SSSR count). The van der Waals surface area contributed by atoms with Gasteiger partial charge in [0.05, 0.1) is 6.61 Å². The normalized spacial score (nSPS) is 29.6. The van der Waals surface area contributed by atoms with Crippen molar-refractivity contribution in [1.29, 1.82) is 0 Å². The van der Waals surface area contributed by atoms with E-state index >= 15 is 0 Å². The van der Waals surface area contributed by atoms with Gasteiger partial charge in [-0.3, -0.25) is 0 Å². The van der Waals surface area contributed by atoms with E-state index in [0.717, 1.165) is 11.1 Å². The molecule has 4 N–H and O–H groups in total. The lowest BCUT2D eigenvalue weighted by molar-refractivity contribution is -0.231. The zero-order valence-electron chi connectivity index (χ0n) is 17.4. The Labute approximate surface area is 185 Å². The number of benzene rings is 2. The van der Waals surface area contributed by atoms with Gasteiger partial charge in [-0.15, -0.1) is 0 Å². The van der Waals surface area contributed by atoms with Gasteiger partial charge in [-0.05, 0) is 55.2 Å². The number of hydrogen-bond acceptors (Lipinski definition) is 7. The van der Waals surface area contributed by atoms with Crippen molar-refractivity contribution in [3.05, 3.63) is 58.1 Å². The highest BCUT2D eigenvalue weighted by atomic mass is 35.5. The lowest BCUT2D eigenvalue weighted by Crippen LogP contribution is -2.55. The number of ether oxygens (including phenoxy) is 3. The van der Waals surface area contributed by atoms with E-state index in [0.29, 0.717) is 35.1 Å². The maximum absolute atomic E-state index is 10.4. The number of fused-ring (bicyclic) bond motifs is 1. The topological polar surface area (TPSA) is 109 Å². The SMILES string of the molecule is CC1(C)COc2cc(Cc3cc([C@@H]4O[C@H](CO)[C@@H](O)[C@H](O)[C@H]4O)ccc3Cl)ccc2O1. The van der Waals surface area contributed by atoms with Crippen LogP contribution in [0, 0.1) is 0 Å². The van der Waals surface area contributed by atoms with Gasteiger partial charge in [0.25, 0.3) is 0 Å². The van der Waals surface area contributed by atoms with Gasteiger partial charge in [0.15, 0.2) is 11.5 Å². The molecule has 0 unspecified atom stereocenters. The summed E-state index contributed by atoms with van der Waals surface area (Å²) in [5.41, 5.74) is 1.98. The Morgan fingerprint density at radius 2 is 1.77 bits per heavy atom. The molecule has 0 spiro atoms. The molecule has 0 aliphatic carbocycles. The summed E-state index contributed by atoms with van der Waals surface area (Å²) >= 11 is 6.42. The number of halogens is 1. The molecule has 0 bridgehead atoms. The molecule has 7 nitrogen and oxygen atoms in total. The summed E-state index contributed by atoms with van der Waals surface area (Å²) in [4.78, 5) is 0. The molecule has 2 aliphatic heterocycles. The molecule has 5 atom stereocenters. The van der Waals surface area contributed by atoms with Crippen molar-refractivity contribution in [2.75, 3.05) is 13.2 Å². The average molecular weight is 451 g/mol. The molecule has 2 aromatic carbocycles. The van der Waals surface area contributed by atoms with Gasteiger partial charge in [0.1, 0.15) is 42.7 Å². The molecule has 8 heteroatoms. The Bertz CT molecular complexity index is 946. The fraction of sp³-hybridized carbons (Fsp3) is 0.478. The van der Waals surface area contributed by atoms with Gasteiger partial charge in [0.2, 0.25) is 0 Å². The number of aliphatic hydroxyl groups is 4. The summed E-state index contributed by atoms with van der Waals surface area (Å²) < 4.78 is 17.4. The second-order valence-electron chi connectivity index (χ2n) is 8.71. The van der Waals surface area contributed by atoms with Crippen LogP contribution in [0.3, 0.4) is 0 Å². The minimum absolute atomic E-state index is 0.377. The Hall–Kier alpha value is -1.87. The van der Waals surface area contributed by atoms with Crippen LogP contribution in [0.2, 0.25) is 5.02 Å². The third kappa shape index (κ3) is 4.53. The molecule has 31 heavy (non-hydrogen) atoms. The van der Waals surface area contributed by atoms with E-state index in [1.165, 1.54) is 0 Å². The lowest BCUT2D eigenvalue weighted by Gasteiger charge is -2.40. The lowest BCUT2D eigenvalue weighted by atomic mass is 9.90. The standard InChI is InChI=1S/C23H27ClO7/c1-23(2)11-29-17-8-12(3-6-16(17)31-23)7-14-9-13(4-5-15(14)24)22-21(28)20(27)19(26)18(10-25)30-22/h3-6,8-9,18-22,25-28H,7,10-11H2,1-2H3/t18-,19-,20+,21-,22+/m1/s1. The molecule has 168 valence electrons. The quantitative estimate of drug-likeness (QED) is 0.564. The van der Waals surface area contributed by atoms with Gasteiger partial charge in [-0.1, -0.05) is 29.8 Å². The molecule has 0 aromatic heterocycles. The largest absolute Gasteiger partial charge is 0.486 e. The van der Waals surface area contributed by atoms with Gasteiger partial charge >= 0.3 is 0 Å². The van der Waals surface area contributed by atoms with Crippen LogP contribution in [0.25, 0.3) is 0 Å². The first kappa shape index (κ1) is 22.3. The van der Waals surface area contributed by atoms with Gasteiger partial charge in [-0.25, -0.2) is 0 Å². The van der Waals surface area contributed by atoms with Crippen molar-refractivity contribution >= 4 is 11.6 Å². The zero-order chi connectivity index (χ0) is 22.3. The highest BCUT2D eigenvalue weighted by Crippen LogP contribution is 2.38. The molecule has 2 aromatic rings. The van der Waals surface area contributed by atoms with E-state index in [2.05, 4.69) is 0 Å². The first-order valence-electron chi connectivity index (χ1n) is 10.2. The van der Waals surface area contributed by atoms with E-state index < -0.39 is 37.1 Å². The fourth-order valence-corrected chi connectivity index (χ4v) is 4.13. The van der Waals surface area contributed by atoms with E-state index in [1.807, 2.05) is 32.0 Å². The Kier molecular flexibility index (Phi) is 6.18. The summed E-state index contributed by atoms with van der Waals surface area (Å²) in [6, 6.07) is 10.9. The van der Waals surface area contributed by atoms with Crippen molar-refractivity contribution in [1.82, 2.24) is 0 Å². The summed E-state index contributed by atoms with van der Waals surface area (Å²) in [6.07, 6.45) is -5.55. The molecule has 1 saturated heterocycles. The second-order valence-corrected chi connectivity index (χ2v) is 9.12. The predicted molar refractivity (Wildman–Crippen MR) is 114 cm³/mol. The first-order valence-corrected chi connectivity index (χ1v) is 10.6. The first-order chi connectivity index (χ1) is 14.7. The van der Waals surface area contributed by atoms with Crippen molar-refractivity contribution in [3.63, 3.8) is 0 Å². The van der Waals surface area contributed by atoms with Crippen LogP contribution in [-0.2, 0) is 11.2 Å². The Morgan fingerprint density at radius 1 is 1.00 bits per heavy atom. The average Bonchev–Trinajstić information content (AvgIpc) is 2.74. The van der Waals surface area contributed by atoms with E-state index in [1.54, 1.807) is 18.2 Å². The fourth-order valence-electron chi connectivity index (χ4n) is 3.94. The van der Waals surface area contributed by atoms with Crippen LogP contribution < -0.4 is 9.47 Å². The van der Waals surface area contributed by atoms with Crippen molar-refractivity contribution in [3.8, 4) is 11.5 Å². The molecule has 2 heterocycles. The maximum atomic E-state index is 10.4. The molecular formula is C23H27ClO7. The van der Waals surface area contributed by atoms with Crippen LogP contribution >= 0.6 is 11.6 Å². The van der Waals surface area contributed by atoms with Gasteiger partial charge in [0, 0.05) is 5.02 Å². The second kappa shape index (κ2) is 8.58. The third-order valence-electron chi connectivity index (χ3n) is 5.65. The molecule has 1 fully saturated rings.